The van der Waals surface area contributed by atoms with Gasteiger partial charge >= 0.3 is 0 Å². The summed E-state index contributed by atoms with van der Waals surface area (Å²) in [7, 11) is 2.05. The fourth-order valence-corrected chi connectivity index (χ4v) is 2.82. The maximum Gasteiger partial charge on any atom is 0.0207 e. The maximum absolute atomic E-state index is 3.64. The number of benzene rings is 1. The largest absolute Gasteiger partial charge is 0.319 e. The summed E-state index contributed by atoms with van der Waals surface area (Å²) < 4.78 is 1.24. The van der Waals surface area contributed by atoms with Crippen molar-refractivity contribution in [1.82, 2.24) is 5.32 Å². The molecule has 1 N–H and O–H groups in total. The molecule has 1 rings (SSSR count). The van der Waals surface area contributed by atoms with E-state index < -0.39 is 0 Å². The second kappa shape index (κ2) is 7.88. The van der Waals surface area contributed by atoms with E-state index in [2.05, 4.69) is 59.4 Å². The second-order valence-electron chi connectivity index (χ2n) is 4.88. The summed E-state index contributed by atoms with van der Waals surface area (Å²) in [6, 6.07) is 8.57. The summed E-state index contributed by atoms with van der Waals surface area (Å²) >= 11 is 3.64. The molecule has 0 aliphatic rings. The molecule has 0 aromatic heterocycles. The van der Waals surface area contributed by atoms with Crippen molar-refractivity contribution in [2.75, 3.05) is 13.6 Å². The van der Waals surface area contributed by atoms with Gasteiger partial charge in [-0.05, 0) is 43.5 Å². The van der Waals surface area contributed by atoms with E-state index >= 15 is 0 Å². The van der Waals surface area contributed by atoms with Gasteiger partial charge in [0.15, 0.2) is 0 Å². The smallest absolute Gasteiger partial charge is 0.0207 e. The predicted octanol–water partition coefficient (Wildman–Crippen LogP) is 4.26. The van der Waals surface area contributed by atoms with E-state index in [1.54, 1.807) is 0 Å². The highest BCUT2D eigenvalue weighted by molar-refractivity contribution is 9.10. The van der Waals surface area contributed by atoms with Gasteiger partial charge in [0.05, 0.1) is 0 Å². The lowest BCUT2D eigenvalue weighted by Gasteiger charge is -2.24. The van der Waals surface area contributed by atoms with Crippen LogP contribution in [0.1, 0.15) is 32.3 Å². The quantitative estimate of drug-likeness (QED) is 0.793. The number of rotatable bonds is 7. The van der Waals surface area contributed by atoms with Crippen LogP contribution in [0.25, 0.3) is 0 Å². The first-order chi connectivity index (χ1) is 8.19. The van der Waals surface area contributed by atoms with Crippen molar-refractivity contribution < 1.29 is 0 Å². The molecule has 96 valence electrons. The number of halogens is 1. The normalized spacial score (nSPS) is 14.6. The molecule has 0 amide bonds. The van der Waals surface area contributed by atoms with Crippen LogP contribution in [-0.4, -0.2) is 13.6 Å². The van der Waals surface area contributed by atoms with Crippen LogP contribution in [0.5, 0.6) is 0 Å². The first-order valence-electron chi connectivity index (χ1n) is 6.57. The summed E-state index contributed by atoms with van der Waals surface area (Å²) in [4.78, 5) is 0. The van der Waals surface area contributed by atoms with Crippen molar-refractivity contribution in [3.05, 3.63) is 34.3 Å². The molecule has 17 heavy (non-hydrogen) atoms. The van der Waals surface area contributed by atoms with Gasteiger partial charge in [-0.1, -0.05) is 60.8 Å². The lowest BCUT2D eigenvalue weighted by Crippen LogP contribution is -2.26. The Morgan fingerprint density at radius 1 is 1.29 bits per heavy atom. The average Bonchev–Trinajstić information content (AvgIpc) is 2.31. The minimum Gasteiger partial charge on any atom is -0.319 e. The molecule has 1 aromatic carbocycles. The molecule has 1 aromatic rings. The zero-order chi connectivity index (χ0) is 12.7. The molecule has 2 atom stereocenters. The van der Waals surface area contributed by atoms with E-state index in [1.165, 1.54) is 22.9 Å². The first kappa shape index (κ1) is 14.7. The molecular weight excluding hydrogens is 274 g/mol. The van der Waals surface area contributed by atoms with Gasteiger partial charge in [-0.15, -0.1) is 0 Å². The van der Waals surface area contributed by atoms with E-state index in [0.29, 0.717) is 0 Å². The van der Waals surface area contributed by atoms with Crippen LogP contribution in [0.3, 0.4) is 0 Å². The van der Waals surface area contributed by atoms with Gasteiger partial charge < -0.3 is 5.32 Å². The van der Waals surface area contributed by atoms with Gasteiger partial charge in [-0.3, -0.25) is 0 Å². The van der Waals surface area contributed by atoms with Crippen LogP contribution in [0, 0.1) is 11.8 Å². The summed E-state index contributed by atoms with van der Waals surface area (Å²) in [5, 5.41) is 3.33. The monoisotopic (exact) mass is 297 g/mol. The fraction of sp³-hybridized carbons (Fsp3) is 0.600. The minimum absolute atomic E-state index is 0.721. The number of nitrogens with one attached hydrogen (secondary N) is 1. The van der Waals surface area contributed by atoms with E-state index in [4.69, 9.17) is 0 Å². The van der Waals surface area contributed by atoms with Crippen LogP contribution in [0.2, 0.25) is 0 Å². The summed E-state index contributed by atoms with van der Waals surface area (Å²) in [5.74, 6) is 1.50. The van der Waals surface area contributed by atoms with Crippen LogP contribution >= 0.6 is 15.9 Å². The minimum atomic E-state index is 0.721. The van der Waals surface area contributed by atoms with Gasteiger partial charge in [0.2, 0.25) is 0 Å². The third-order valence-electron chi connectivity index (χ3n) is 3.46. The third-order valence-corrected chi connectivity index (χ3v) is 4.23. The highest BCUT2D eigenvalue weighted by atomic mass is 79.9. The van der Waals surface area contributed by atoms with E-state index in [1.807, 2.05) is 7.05 Å². The molecule has 0 saturated carbocycles. The van der Waals surface area contributed by atoms with Crippen molar-refractivity contribution in [3.8, 4) is 0 Å². The summed E-state index contributed by atoms with van der Waals surface area (Å²) in [6.07, 6.45) is 3.75. The Morgan fingerprint density at radius 2 is 2.00 bits per heavy atom. The van der Waals surface area contributed by atoms with Gasteiger partial charge in [0.25, 0.3) is 0 Å². The molecule has 0 bridgehead atoms. The molecular formula is C15H24BrN. The molecule has 0 fully saturated rings. The lowest BCUT2D eigenvalue weighted by molar-refractivity contribution is 0.324. The zero-order valence-electron chi connectivity index (χ0n) is 11.2. The molecule has 0 saturated heterocycles. The fourth-order valence-electron chi connectivity index (χ4n) is 2.37. The molecule has 2 unspecified atom stereocenters. The second-order valence-corrected chi connectivity index (χ2v) is 5.73. The van der Waals surface area contributed by atoms with Crippen molar-refractivity contribution in [1.29, 1.82) is 0 Å². The van der Waals surface area contributed by atoms with Gasteiger partial charge in [0, 0.05) is 4.47 Å². The van der Waals surface area contributed by atoms with Gasteiger partial charge in [-0.2, -0.15) is 0 Å². The first-order valence-corrected chi connectivity index (χ1v) is 7.36. The third kappa shape index (κ3) is 4.81. The standard InChI is InChI=1S/C15H24BrN/c1-4-7-12(2)14(11-17-3)10-13-8-5-6-9-15(13)16/h5-6,8-9,12,14,17H,4,7,10-11H2,1-3H3. The molecule has 0 aliphatic carbocycles. The highest BCUT2D eigenvalue weighted by Gasteiger charge is 2.17. The number of hydrogen-bond donors (Lipinski definition) is 1. The van der Waals surface area contributed by atoms with Crippen molar-refractivity contribution in [2.24, 2.45) is 11.8 Å². The molecule has 0 aliphatic heterocycles. The van der Waals surface area contributed by atoms with Crippen molar-refractivity contribution >= 4 is 15.9 Å². The van der Waals surface area contributed by atoms with Crippen LogP contribution in [-0.2, 0) is 6.42 Å². The average molecular weight is 298 g/mol. The van der Waals surface area contributed by atoms with E-state index in [-0.39, 0.29) is 0 Å². The molecule has 1 nitrogen and oxygen atoms in total. The maximum atomic E-state index is 3.64. The Bertz CT molecular complexity index is 324. The lowest BCUT2D eigenvalue weighted by atomic mass is 9.85. The molecule has 0 spiro atoms. The van der Waals surface area contributed by atoms with Gasteiger partial charge in [0.1, 0.15) is 0 Å². The summed E-state index contributed by atoms with van der Waals surface area (Å²) in [5.41, 5.74) is 1.43. The Hall–Kier alpha value is -0.340. The van der Waals surface area contributed by atoms with Crippen molar-refractivity contribution in [2.45, 2.75) is 33.1 Å². The van der Waals surface area contributed by atoms with Crippen LogP contribution in [0.15, 0.2) is 28.7 Å². The molecule has 0 heterocycles. The van der Waals surface area contributed by atoms with E-state index in [0.717, 1.165) is 24.8 Å². The van der Waals surface area contributed by atoms with Gasteiger partial charge in [-0.25, -0.2) is 0 Å². The van der Waals surface area contributed by atoms with Crippen LogP contribution < -0.4 is 5.32 Å². The SMILES string of the molecule is CCCC(C)C(CNC)Cc1ccccc1Br. The Morgan fingerprint density at radius 3 is 2.59 bits per heavy atom. The Labute approximate surface area is 114 Å². The van der Waals surface area contributed by atoms with Crippen molar-refractivity contribution in [3.63, 3.8) is 0 Å². The molecule has 2 heteroatoms. The Kier molecular flexibility index (Phi) is 6.83. The summed E-state index contributed by atoms with van der Waals surface area (Å²) in [6.45, 7) is 5.75. The Balaban J connectivity index is 2.69. The predicted molar refractivity (Wildman–Crippen MR) is 79.3 cm³/mol. The topological polar surface area (TPSA) is 12.0 Å². The van der Waals surface area contributed by atoms with E-state index in [9.17, 15) is 0 Å². The zero-order valence-corrected chi connectivity index (χ0v) is 12.8. The number of hydrogen-bond acceptors (Lipinski definition) is 1. The highest BCUT2D eigenvalue weighted by Crippen LogP contribution is 2.25. The van der Waals surface area contributed by atoms with Crippen LogP contribution in [0.4, 0.5) is 0 Å². The molecule has 0 radical (unpaired) electrons.